The van der Waals surface area contributed by atoms with Crippen molar-refractivity contribution in [2.45, 2.75) is 117 Å². The Morgan fingerprint density at radius 2 is 1.12 bits per heavy atom. The zero-order valence-electron chi connectivity index (χ0n) is 21.7. The van der Waals surface area contributed by atoms with E-state index in [1.165, 1.54) is 110 Å². The number of benzene rings is 1. The minimum atomic E-state index is 0.787. The van der Waals surface area contributed by atoms with Crippen molar-refractivity contribution in [2.75, 3.05) is 13.2 Å². The van der Waals surface area contributed by atoms with Gasteiger partial charge in [0, 0.05) is 20.2 Å². The van der Waals surface area contributed by atoms with Crippen LogP contribution in [0.25, 0.3) is 20.2 Å². The molecule has 0 aliphatic carbocycles. The van der Waals surface area contributed by atoms with E-state index in [0.29, 0.717) is 0 Å². The maximum atomic E-state index is 6.44. The quantitative estimate of drug-likeness (QED) is 0.143. The lowest BCUT2D eigenvalue weighted by atomic mass is 10.1. The van der Waals surface area contributed by atoms with Crippen molar-refractivity contribution in [1.29, 1.82) is 0 Å². The molecule has 34 heavy (non-hydrogen) atoms. The fraction of sp³-hybridized carbons (Fsp3) is 0.667. The summed E-state index contributed by atoms with van der Waals surface area (Å²) < 4.78 is 15.4. The molecule has 0 N–H and O–H groups in total. The van der Waals surface area contributed by atoms with Gasteiger partial charge in [0.25, 0.3) is 0 Å². The van der Waals surface area contributed by atoms with Crippen LogP contribution in [0.1, 0.15) is 117 Å². The largest absolute Gasteiger partial charge is 0.488 e. The number of rotatable bonds is 20. The van der Waals surface area contributed by atoms with Gasteiger partial charge in [0.1, 0.15) is 0 Å². The van der Waals surface area contributed by atoms with Gasteiger partial charge in [0.2, 0.25) is 5.06 Å². The third-order valence-corrected chi connectivity index (χ3v) is 8.62. The third kappa shape index (κ3) is 8.75. The number of ether oxygens (including phenoxy) is 2. The Morgan fingerprint density at radius 1 is 0.588 bits per heavy atom. The fourth-order valence-electron chi connectivity index (χ4n) is 4.63. The van der Waals surface area contributed by atoms with Crippen molar-refractivity contribution < 1.29 is 9.47 Å². The van der Waals surface area contributed by atoms with Gasteiger partial charge in [0.15, 0.2) is 5.75 Å². The summed E-state index contributed by atoms with van der Waals surface area (Å²) in [6, 6.07) is 6.72. The molecule has 2 aromatic heterocycles. The highest BCUT2D eigenvalue weighted by atomic mass is 32.1. The van der Waals surface area contributed by atoms with Crippen LogP contribution in [0.5, 0.6) is 10.8 Å². The molecule has 0 saturated carbocycles. The fourth-order valence-corrected chi connectivity index (χ4v) is 6.46. The zero-order chi connectivity index (χ0) is 23.8. The lowest BCUT2D eigenvalue weighted by Crippen LogP contribution is -2.01. The first-order chi connectivity index (χ1) is 16.8. The van der Waals surface area contributed by atoms with E-state index in [9.17, 15) is 0 Å². The maximum absolute atomic E-state index is 6.44. The molecule has 0 spiro atoms. The summed E-state index contributed by atoms with van der Waals surface area (Å²) in [5.74, 6) is 0.992. The molecular weight excluding hydrogens is 456 g/mol. The van der Waals surface area contributed by atoms with Crippen LogP contribution in [0.3, 0.4) is 0 Å². The molecule has 4 heteroatoms. The van der Waals surface area contributed by atoms with E-state index in [1.807, 2.05) is 0 Å². The summed E-state index contributed by atoms with van der Waals surface area (Å²) in [6.45, 7) is 6.14. The Labute approximate surface area is 216 Å². The summed E-state index contributed by atoms with van der Waals surface area (Å²) in [7, 11) is 0. The van der Waals surface area contributed by atoms with E-state index >= 15 is 0 Å². The van der Waals surface area contributed by atoms with E-state index in [2.05, 4.69) is 37.4 Å². The number of hydrogen-bond donors (Lipinski definition) is 0. The molecule has 1 aromatic carbocycles. The predicted molar refractivity (Wildman–Crippen MR) is 153 cm³/mol. The molecule has 0 fully saturated rings. The second-order valence-corrected chi connectivity index (χ2v) is 11.6. The summed E-state index contributed by atoms with van der Waals surface area (Å²) in [4.78, 5) is 0. The highest BCUT2D eigenvalue weighted by molar-refractivity contribution is 7.22. The standard InChI is InChI=1S/C30H46O2S2/c1-3-5-7-9-11-13-15-17-22-31-29-28-25-21-24-33-26(25)19-20-27(28)34-30(29)32-23-18-16-14-12-10-8-6-4-2/h19-21,24H,3-18,22-23H2,1-2H3. The predicted octanol–water partition coefficient (Wildman–Crippen LogP) is 11.2. The molecule has 0 saturated heterocycles. The molecule has 0 radical (unpaired) electrons. The minimum Gasteiger partial charge on any atom is -0.488 e. The second kappa shape index (κ2) is 16.4. The van der Waals surface area contributed by atoms with Gasteiger partial charge in [-0.15, -0.1) is 11.3 Å². The van der Waals surface area contributed by atoms with Crippen molar-refractivity contribution in [3.05, 3.63) is 23.6 Å². The molecular formula is C30H46O2S2. The first kappa shape index (κ1) is 27.3. The van der Waals surface area contributed by atoms with Crippen LogP contribution in [-0.2, 0) is 0 Å². The van der Waals surface area contributed by atoms with Crippen LogP contribution in [0.4, 0.5) is 0 Å². The second-order valence-electron chi connectivity index (χ2n) is 9.64. The Bertz CT molecular complexity index is 927. The van der Waals surface area contributed by atoms with Crippen molar-refractivity contribution in [2.24, 2.45) is 0 Å². The average Bonchev–Trinajstić information content (AvgIpc) is 3.46. The monoisotopic (exact) mass is 502 g/mol. The Morgan fingerprint density at radius 3 is 1.74 bits per heavy atom. The van der Waals surface area contributed by atoms with Gasteiger partial charge < -0.3 is 9.47 Å². The van der Waals surface area contributed by atoms with Gasteiger partial charge in [0.05, 0.1) is 13.2 Å². The van der Waals surface area contributed by atoms with Crippen LogP contribution >= 0.6 is 22.7 Å². The summed E-state index contributed by atoms with van der Waals surface area (Å²) >= 11 is 3.56. The SMILES string of the molecule is CCCCCCCCCCOc1sc2ccc3sccc3c2c1OCCCCCCCCCC. The molecule has 0 bridgehead atoms. The molecule has 3 rings (SSSR count). The Hall–Kier alpha value is -1.26. The molecule has 2 nitrogen and oxygen atoms in total. The molecule has 0 atom stereocenters. The number of fused-ring (bicyclic) bond motifs is 3. The van der Waals surface area contributed by atoms with E-state index in [0.717, 1.165) is 36.9 Å². The highest BCUT2D eigenvalue weighted by Crippen LogP contribution is 2.48. The summed E-state index contributed by atoms with van der Waals surface area (Å²) in [5.41, 5.74) is 0. The van der Waals surface area contributed by atoms with Crippen LogP contribution in [0, 0.1) is 0 Å². The molecule has 3 aromatic rings. The van der Waals surface area contributed by atoms with Crippen molar-refractivity contribution in [3.63, 3.8) is 0 Å². The van der Waals surface area contributed by atoms with Gasteiger partial charge in [-0.2, -0.15) is 0 Å². The van der Waals surface area contributed by atoms with E-state index in [4.69, 9.17) is 9.47 Å². The molecule has 0 aliphatic heterocycles. The van der Waals surface area contributed by atoms with Crippen molar-refractivity contribution in [3.8, 4) is 10.8 Å². The van der Waals surface area contributed by atoms with E-state index < -0.39 is 0 Å². The van der Waals surface area contributed by atoms with Gasteiger partial charge in [-0.1, -0.05) is 115 Å². The number of unbranched alkanes of at least 4 members (excludes halogenated alkanes) is 14. The van der Waals surface area contributed by atoms with Crippen LogP contribution < -0.4 is 9.47 Å². The van der Waals surface area contributed by atoms with Crippen molar-refractivity contribution in [1.82, 2.24) is 0 Å². The van der Waals surface area contributed by atoms with E-state index in [-0.39, 0.29) is 0 Å². The van der Waals surface area contributed by atoms with Gasteiger partial charge in [-0.05, 0) is 36.4 Å². The first-order valence-electron chi connectivity index (χ1n) is 14.0. The highest BCUT2D eigenvalue weighted by Gasteiger charge is 2.18. The zero-order valence-corrected chi connectivity index (χ0v) is 23.3. The lowest BCUT2D eigenvalue weighted by Gasteiger charge is -2.10. The van der Waals surface area contributed by atoms with Gasteiger partial charge >= 0.3 is 0 Å². The molecule has 190 valence electrons. The lowest BCUT2D eigenvalue weighted by molar-refractivity contribution is 0.267. The Balaban J connectivity index is 1.49. The topological polar surface area (TPSA) is 18.5 Å². The maximum Gasteiger partial charge on any atom is 0.218 e. The molecule has 2 heterocycles. The van der Waals surface area contributed by atoms with Crippen LogP contribution in [-0.4, -0.2) is 13.2 Å². The van der Waals surface area contributed by atoms with Crippen LogP contribution in [0.15, 0.2) is 23.6 Å². The van der Waals surface area contributed by atoms with Crippen LogP contribution in [0.2, 0.25) is 0 Å². The van der Waals surface area contributed by atoms with E-state index in [1.54, 1.807) is 22.7 Å². The third-order valence-electron chi connectivity index (χ3n) is 6.69. The number of hydrogen-bond acceptors (Lipinski definition) is 4. The first-order valence-corrected chi connectivity index (χ1v) is 15.7. The normalized spacial score (nSPS) is 11.6. The number of thiophene rings is 2. The Kier molecular flexibility index (Phi) is 13.2. The molecule has 0 amide bonds. The summed E-state index contributed by atoms with van der Waals surface area (Å²) in [6.07, 6.45) is 21.1. The molecule has 0 aliphatic rings. The smallest absolute Gasteiger partial charge is 0.218 e. The molecule has 0 unspecified atom stereocenters. The average molecular weight is 503 g/mol. The van der Waals surface area contributed by atoms with Crippen molar-refractivity contribution >= 4 is 42.8 Å². The summed E-state index contributed by atoms with van der Waals surface area (Å²) in [5, 5.41) is 5.74. The van der Waals surface area contributed by atoms with Gasteiger partial charge in [-0.3, -0.25) is 0 Å². The van der Waals surface area contributed by atoms with Gasteiger partial charge in [-0.25, -0.2) is 0 Å². The minimum absolute atomic E-state index is 0.787.